The number of pyridine rings is 1. The van der Waals surface area contributed by atoms with E-state index in [-0.39, 0.29) is 11.3 Å². The molecule has 82 valence electrons. The molecular weight excluding hydrogens is 220 g/mol. The molecule has 0 aliphatic carbocycles. The molecule has 0 aliphatic heterocycles. The average molecular weight is 230 g/mol. The molecule has 1 heterocycles. The quantitative estimate of drug-likeness (QED) is 0.752. The summed E-state index contributed by atoms with van der Waals surface area (Å²) in [5.74, 6) is -0.622. The minimum Gasteiger partial charge on any atom is -0.465 e. The van der Waals surface area contributed by atoms with Crippen molar-refractivity contribution in [2.75, 3.05) is 18.1 Å². The topological polar surface area (TPSA) is 85.4 Å². The zero-order valence-corrected chi connectivity index (χ0v) is 9.04. The number of nitrogens with zero attached hydrogens (tertiary/aromatic N) is 1. The highest BCUT2D eigenvalue weighted by atomic mass is 32.2. The predicted octanol–water partition coefficient (Wildman–Crippen LogP) is 0.240. The molecule has 1 N–H and O–H groups in total. The Morgan fingerprint density at radius 2 is 2.20 bits per heavy atom. The van der Waals surface area contributed by atoms with E-state index in [2.05, 4.69) is 14.4 Å². The predicted molar refractivity (Wildman–Crippen MR) is 54.0 cm³/mol. The fourth-order valence-electron chi connectivity index (χ4n) is 0.963. The van der Waals surface area contributed by atoms with Crippen molar-refractivity contribution >= 4 is 21.7 Å². The molecule has 1 aromatic heterocycles. The Morgan fingerprint density at radius 3 is 2.73 bits per heavy atom. The summed E-state index contributed by atoms with van der Waals surface area (Å²) in [6.45, 7) is 0. The average Bonchev–Trinajstić information content (AvgIpc) is 2.15. The van der Waals surface area contributed by atoms with Crippen molar-refractivity contribution in [2.45, 2.75) is 0 Å². The van der Waals surface area contributed by atoms with Crippen LogP contribution < -0.4 is 4.72 Å². The molecule has 7 heteroatoms. The molecule has 0 saturated heterocycles. The van der Waals surface area contributed by atoms with Gasteiger partial charge in [0.15, 0.2) is 0 Å². The van der Waals surface area contributed by atoms with Gasteiger partial charge in [-0.1, -0.05) is 0 Å². The monoisotopic (exact) mass is 230 g/mol. The van der Waals surface area contributed by atoms with Gasteiger partial charge in [0, 0.05) is 6.20 Å². The minimum atomic E-state index is -3.44. The van der Waals surface area contributed by atoms with Gasteiger partial charge >= 0.3 is 5.97 Å². The van der Waals surface area contributed by atoms with Gasteiger partial charge in [-0.3, -0.25) is 9.71 Å². The fourth-order valence-corrected chi connectivity index (χ4v) is 1.53. The number of carbonyl (C=O) groups is 1. The largest absolute Gasteiger partial charge is 0.465 e. The van der Waals surface area contributed by atoms with E-state index in [9.17, 15) is 13.2 Å². The molecule has 0 spiro atoms. The maximum atomic E-state index is 11.2. The maximum absolute atomic E-state index is 11.2. The molecule has 0 bridgehead atoms. The number of hydrogen-bond donors (Lipinski definition) is 1. The number of sulfonamides is 1. The number of anilines is 1. The number of aromatic nitrogens is 1. The van der Waals surface area contributed by atoms with Crippen molar-refractivity contribution in [3.05, 3.63) is 24.0 Å². The molecule has 1 aromatic rings. The highest BCUT2D eigenvalue weighted by molar-refractivity contribution is 7.92. The number of carbonyl (C=O) groups excluding carboxylic acids is 1. The van der Waals surface area contributed by atoms with E-state index in [4.69, 9.17) is 0 Å². The normalized spacial score (nSPS) is 10.8. The first-order chi connectivity index (χ1) is 6.94. The van der Waals surface area contributed by atoms with E-state index in [1.165, 1.54) is 25.6 Å². The third kappa shape index (κ3) is 3.21. The Hall–Kier alpha value is -1.63. The van der Waals surface area contributed by atoms with Crippen LogP contribution in [0.2, 0.25) is 0 Å². The first-order valence-electron chi connectivity index (χ1n) is 3.94. The number of ether oxygens (including phenoxy) is 1. The van der Waals surface area contributed by atoms with Gasteiger partial charge in [0.2, 0.25) is 10.0 Å². The molecule has 6 nitrogen and oxygen atoms in total. The zero-order valence-electron chi connectivity index (χ0n) is 8.22. The van der Waals surface area contributed by atoms with Gasteiger partial charge in [-0.2, -0.15) is 0 Å². The van der Waals surface area contributed by atoms with Gasteiger partial charge in [0.25, 0.3) is 0 Å². The van der Waals surface area contributed by atoms with E-state index in [0.717, 1.165) is 6.26 Å². The summed E-state index contributed by atoms with van der Waals surface area (Å²) in [5, 5.41) is 0. The van der Waals surface area contributed by atoms with E-state index in [0.29, 0.717) is 0 Å². The Labute approximate surface area is 87.3 Å². The lowest BCUT2D eigenvalue weighted by Gasteiger charge is -2.07. The molecular formula is C8H10N2O4S. The molecule has 15 heavy (non-hydrogen) atoms. The van der Waals surface area contributed by atoms with Crippen LogP contribution in [0.25, 0.3) is 0 Å². The molecule has 0 saturated carbocycles. The van der Waals surface area contributed by atoms with E-state index in [1.54, 1.807) is 0 Å². The third-order valence-corrected chi connectivity index (χ3v) is 2.11. The van der Waals surface area contributed by atoms with E-state index < -0.39 is 16.0 Å². The van der Waals surface area contributed by atoms with Gasteiger partial charge in [0.05, 0.1) is 30.8 Å². The summed E-state index contributed by atoms with van der Waals surface area (Å²) in [7, 11) is -2.22. The third-order valence-electron chi connectivity index (χ3n) is 1.52. The van der Waals surface area contributed by atoms with Crippen LogP contribution in [-0.4, -0.2) is 32.7 Å². The Kier molecular flexibility index (Phi) is 3.25. The number of esters is 1. The summed E-state index contributed by atoms with van der Waals surface area (Å²) in [6, 6.07) is 1.37. The first-order valence-corrected chi connectivity index (χ1v) is 5.83. The molecule has 0 amide bonds. The highest BCUT2D eigenvalue weighted by Crippen LogP contribution is 2.15. The van der Waals surface area contributed by atoms with Crippen LogP contribution in [0.1, 0.15) is 10.4 Å². The van der Waals surface area contributed by atoms with Crippen molar-refractivity contribution in [2.24, 2.45) is 0 Å². The second-order valence-electron chi connectivity index (χ2n) is 2.79. The van der Waals surface area contributed by atoms with Gasteiger partial charge in [0.1, 0.15) is 0 Å². The van der Waals surface area contributed by atoms with Crippen LogP contribution >= 0.6 is 0 Å². The smallest absolute Gasteiger partial charge is 0.340 e. The van der Waals surface area contributed by atoms with Crippen LogP contribution in [0.4, 0.5) is 5.69 Å². The van der Waals surface area contributed by atoms with Crippen LogP contribution in [-0.2, 0) is 14.8 Å². The van der Waals surface area contributed by atoms with Crippen molar-refractivity contribution < 1.29 is 17.9 Å². The second-order valence-corrected chi connectivity index (χ2v) is 4.54. The zero-order chi connectivity index (χ0) is 11.5. The molecule has 0 atom stereocenters. The number of rotatable bonds is 3. The second kappa shape index (κ2) is 4.26. The van der Waals surface area contributed by atoms with E-state index in [1.807, 2.05) is 0 Å². The van der Waals surface area contributed by atoms with Crippen LogP contribution in [0.3, 0.4) is 0 Å². The van der Waals surface area contributed by atoms with Crippen molar-refractivity contribution in [3.63, 3.8) is 0 Å². The summed E-state index contributed by atoms with van der Waals surface area (Å²) >= 11 is 0. The Morgan fingerprint density at radius 1 is 1.53 bits per heavy atom. The number of methoxy groups -OCH3 is 1. The van der Waals surface area contributed by atoms with Crippen LogP contribution in [0, 0.1) is 0 Å². The lowest BCUT2D eigenvalue weighted by Crippen LogP contribution is -2.14. The highest BCUT2D eigenvalue weighted by Gasteiger charge is 2.13. The molecule has 0 unspecified atom stereocenters. The molecule has 1 rings (SSSR count). The molecule has 0 aromatic carbocycles. The SMILES string of the molecule is COC(=O)c1ccncc1NS(C)(=O)=O. The molecule has 0 aliphatic rings. The minimum absolute atomic E-state index is 0.104. The van der Waals surface area contributed by atoms with Gasteiger partial charge < -0.3 is 4.74 Å². The number of hydrogen-bond acceptors (Lipinski definition) is 5. The molecule has 0 radical (unpaired) electrons. The van der Waals surface area contributed by atoms with Gasteiger partial charge in [-0.25, -0.2) is 13.2 Å². The summed E-state index contributed by atoms with van der Waals surface area (Å²) in [5.41, 5.74) is 0.227. The molecule has 0 fully saturated rings. The first kappa shape index (κ1) is 11.4. The van der Waals surface area contributed by atoms with Crippen LogP contribution in [0.5, 0.6) is 0 Å². The summed E-state index contributed by atoms with van der Waals surface area (Å²) < 4.78 is 28.6. The van der Waals surface area contributed by atoms with Gasteiger partial charge in [-0.05, 0) is 6.07 Å². The van der Waals surface area contributed by atoms with Crippen molar-refractivity contribution in [3.8, 4) is 0 Å². The fraction of sp³-hybridized carbons (Fsp3) is 0.250. The summed E-state index contributed by atoms with van der Waals surface area (Å²) in [4.78, 5) is 14.9. The Bertz CT molecular complexity index is 469. The lowest BCUT2D eigenvalue weighted by molar-refractivity contribution is 0.0602. The Balaban J connectivity index is 3.13. The lowest BCUT2D eigenvalue weighted by atomic mass is 10.2. The van der Waals surface area contributed by atoms with E-state index >= 15 is 0 Å². The summed E-state index contributed by atoms with van der Waals surface area (Å²) in [6.07, 6.45) is 3.61. The number of nitrogens with one attached hydrogen (secondary N) is 1. The van der Waals surface area contributed by atoms with Crippen LogP contribution in [0.15, 0.2) is 18.5 Å². The standard InChI is InChI=1S/C8H10N2O4S/c1-14-8(11)6-3-4-9-5-7(6)10-15(2,12)13/h3-5,10H,1-2H3. The maximum Gasteiger partial charge on any atom is 0.340 e. The van der Waals surface area contributed by atoms with Crippen molar-refractivity contribution in [1.82, 2.24) is 4.98 Å². The van der Waals surface area contributed by atoms with Crippen molar-refractivity contribution in [1.29, 1.82) is 0 Å². The van der Waals surface area contributed by atoms with Gasteiger partial charge in [-0.15, -0.1) is 0 Å².